The molecule has 0 bridgehead atoms. The molecule has 15 heteroatoms. The average Bonchev–Trinajstić information content (AvgIpc) is 3.52. The monoisotopic (exact) mass is 633 g/mol. The third kappa shape index (κ3) is 6.74. The van der Waals surface area contributed by atoms with Gasteiger partial charge in [-0.05, 0) is 72.2 Å². The highest BCUT2D eigenvalue weighted by Crippen LogP contribution is 2.52. The number of halogens is 12. The lowest BCUT2D eigenvalue weighted by Gasteiger charge is -2.26. The summed E-state index contributed by atoms with van der Waals surface area (Å²) in [6, 6.07) is 0.668. The van der Waals surface area contributed by atoms with E-state index in [0.29, 0.717) is 24.3 Å². The zero-order valence-corrected chi connectivity index (χ0v) is 22.3. The van der Waals surface area contributed by atoms with Crippen molar-refractivity contribution in [3.8, 4) is 0 Å². The van der Waals surface area contributed by atoms with Crippen molar-refractivity contribution >= 4 is 18.5 Å². The van der Waals surface area contributed by atoms with Crippen LogP contribution in [0.2, 0.25) is 0 Å². The number of alkyl halides is 12. The van der Waals surface area contributed by atoms with Gasteiger partial charge >= 0.3 is 24.7 Å². The molecule has 0 spiro atoms. The first-order chi connectivity index (χ1) is 19.2. The molecule has 42 heavy (non-hydrogen) atoms. The Hall–Kier alpha value is -3.15. The maximum absolute atomic E-state index is 13.7. The Balaban J connectivity index is 2.04. The topological polar surface area (TPSA) is 21.3 Å². The quantitative estimate of drug-likeness (QED) is 0.270. The highest BCUT2D eigenvalue weighted by Gasteiger charge is 2.41. The van der Waals surface area contributed by atoms with Gasteiger partial charge in [-0.25, -0.2) is 0 Å². The Morgan fingerprint density at radius 1 is 0.690 bits per heavy atom. The summed E-state index contributed by atoms with van der Waals surface area (Å²) in [5.41, 5.74) is -6.98. The van der Waals surface area contributed by atoms with Crippen LogP contribution in [0.15, 0.2) is 71.4 Å². The molecule has 0 aromatic heterocycles. The van der Waals surface area contributed by atoms with Crippen LogP contribution < -0.4 is 15.9 Å². The first kappa shape index (κ1) is 31.8. The Kier molecular flexibility index (Phi) is 8.20. The van der Waals surface area contributed by atoms with Crippen molar-refractivity contribution in [1.82, 2.24) is 5.32 Å². The van der Waals surface area contributed by atoms with E-state index in [1.807, 2.05) is 13.8 Å². The van der Waals surface area contributed by atoms with Crippen LogP contribution in [0.25, 0.3) is 0 Å². The summed E-state index contributed by atoms with van der Waals surface area (Å²) in [6.45, 7) is 3.80. The third-order valence-corrected chi connectivity index (χ3v) is 8.89. The highest BCUT2D eigenvalue weighted by molar-refractivity contribution is 7.77. The fourth-order valence-electron chi connectivity index (χ4n) is 4.30. The van der Waals surface area contributed by atoms with Gasteiger partial charge in [0.25, 0.3) is 0 Å². The molecule has 1 heterocycles. The third-order valence-electron chi connectivity index (χ3n) is 6.47. The van der Waals surface area contributed by atoms with Gasteiger partial charge in [0.05, 0.1) is 28.3 Å². The molecular formula is C27H20F12NOP. The number of ether oxygens (including phenoxy) is 1. The first-order valence-electron chi connectivity index (χ1n) is 12.1. The van der Waals surface area contributed by atoms with Gasteiger partial charge in [0.1, 0.15) is 6.61 Å². The molecule has 0 saturated carbocycles. The molecule has 1 saturated heterocycles. The lowest BCUT2D eigenvalue weighted by Crippen LogP contribution is -2.29. The standard InChI is InChI=1S/C27H20F12NOP/c1-13(2)21-12-41-23(40-21)20-4-3-5-22(20)42(18-8-14(24(28,29)30)6-15(9-18)25(31,32)33)19-10-16(26(34,35)36)7-17(11-19)27(37,38)39/h3-11,13,21,40H,12H2,1-2H3/t21-/m1/s1. The molecule has 0 amide bonds. The molecule has 4 rings (SSSR count). The van der Waals surface area contributed by atoms with Crippen LogP contribution in [0.1, 0.15) is 36.1 Å². The van der Waals surface area contributed by atoms with E-state index in [0.717, 1.165) is 0 Å². The summed E-state index contributed by atoms with van der Waals surface area (Å²) in [4.78, 5) is 0. The minimum Gasteiger partial charge on any atom is -0.477 e. The molecule has 2 aliphatic rings. The molecule has 2 nitrogen and oxygen atoms in total. The summed E-state index contributed by atoms with van der Waals surface area (Å²) < 4.78 is 170. The molecule has 1 atom stereocenters. The Morgan fingerprint density at radius 2 is 1.10 bits per heavy atom. The first-order valence-corrected chi connectivity index (χ1v) is 13.4. The fourth-order valence-corrected chi connectivity index (χ4v) is 6.88. The maximum Gasteiger partial charge on any atom is 0.416 e. The zero-order valence-electron chi connectivity index (χ0n) is 21.4. The second-order valence-corrected chi connectivity index (χ2v) is 12.0. The van der Waals surface area contributed by atoms with Crippen molar-refractivity contribution in [2.24, 2.45) is 5.92 Å². The average molecular weight is 633 g/mol. The van der Waals surface area contributed by atoms with Crippen molar-refractivity contribution in [3.05, 3.63) is 93.7 Å². The van der Waals surface area contributed by atoms with E-state index in [9.17, 15) is 52.7 Å². The van der Waals surface area contributed by atoms with Crippen LogP contribution in [-0.4, -0.2) is 12.6 Å². The molecule has 0 unspecified atom stereocenters. The van der Waals surface area contributed by atoms with Gasteiger partial charge in [0, 0.05) is 5.57 Å². The smallest absolute Gasteiger partial charge is 0.416 e. The Morgan fingerprint density at radius 3 is 1.43 bits per heavy atom. The molecule has 1 fully saturated rings. The summed E-state index contributed by atoms with van der Waals surface area (Å²) in [6.07, 6.45) is -17.3. The van der Waals surface area contributed by atoms with Crippen molar-refractivity contribution in [1.29, 1.82) is 0 Å². The largest absolute Gasteiger partial charge is 0.477 e. The van der Waals surface area contributed by atoms with Gasteiger partial charge < -0.3 is 10.1 Å². The number of nitrogens with one attached hydrogen (secondary N) is 1. The zero-order chi connectivity index (χ0) is 31.4. The highest BCUT2D eigenvalue weighted by atomic mass is 31.1. The molecule has 1 aliphatic carbocycles. The van der Waals surface area contributed by atoms with Gasteiger partial charge in [-0.15, -0.1) is 0 Å². The van der Waals surface area contributed by atoms with Crippen LogP contribution in [0.3, 0.4) is 0 Å². The predicted octanol–water partition coefficient (Wildman–Crippen LogP) is 8.50. The number of allylic oxidation sites excluding steroid dienone is 5. The number of hydrogen-bond donors (Lipinski definition) is 1. The van der Waals surface area contributed by atoms with E-state index < -0.39 is 65.5 Å². The van der Waals surface area contributed by atoms with E-state index >= 15 is 0 Å². The Labute approximate surface area is 232 Å². The van der Waals surface area contributed by atoms with Crippen LogP contribution in [0.4, 0.5) is 52.7 Å². The van der Waals surface area contributed by atoms with E-state index in [4.69, 9.17) is 4.74 Å². The van der Waals surface area contributed by atoms with Gasteiger partial charge in [-0.2, -0.15) is 52.7 Å². The summed E-state index contributed by atoms with van der Waals surface area (Å²) in [7, 11) is -2.87. The molecule has 228 valence electrons. The van der Waals surface area contributed by atoms with Crippen molar-refractivity contribution in [3.63, 3.8) is 0 Å². The summed E-state index contributed by atoms with van der Waals surface area (Å²) >= 11 is 0. The summed E-state index contributed by atoms with van der Waals surface area (Å²) in [5, 5.41) is 1.40. The van der Waals surface area contributed by atoms with Gasteiger partial charge in [-0.3, -0.25) is 0 Å². The number of rotatable bonds is 4. The second-order valence-electron chi connectivity index (χ2n) is 9.82. The lowest BCUT2D eigenvalue weighted by atomic mass is 10.1. The van der Waals surface area contributed by atoms with Gasteiger partial charge in [0.15, 0.2) is 5.88 Å². The molecule has 2 aromatic carbocycles. The van der Waals surface area contributed by atoms with Crippen molar-refractivity contribution < 1.29 is 57.4 Å². The van der Waals surface area contributed by atoms with Gasteiger partial charge in [0.2, 0.25) is 0 Å². The van der Waals surface area contributed by atoms with Crippen LogP contribution in [0, 0.1) is 5.92 Å². The fraction of sp³-hybridized carbons (Fsp3) is 0.333. The van der Waals surface area contributed by atoms with Crippen molar-refractivity contribution in [2.45, 2.75) is 44.6 Å². The lowest BCUT2D eigenvalue weighted by molar-refractivity contribution is -0.144. The number of benzene rings is 2. The normalized spacial score (nSPS) is 19.9. The summed E-state index contributed by atoms with van der Waals surface area (Å²) in [5.74, 6) is 0.0605. The van der Waals surface area contributed by atoms with Crippen LogP contribution >= 0.6 is 7.92 Å². The minimum absolute atomic E-state index is 0.0121. The van der Waals surface area contributed by atoms with E-state index in [1.54, 1.807) is 0 Å². The predicted molar refractivity (Wildman–Crippen MR) is 131 cm³/mol. The minimum atomic E-state index is -5.31. The molecule has 2 aromatic rings. The van der Waals surface area contributed by atoms with E-state index in [2.05, 4.69) is 5.32 Å². The van der Waals surface area contributed by atoms with Crippen LogP contribution in [0.5, 0.6) is 0 Å². The van der Waals surface area contributed by atoms with Crippen LogP contribution in [-0.2, 0) is 29.4 Å². The van der Waals surface area contributed by atoms with Crippen molar-refractivity contribution in [2.75, 3.05) is 6.61 Å². The molecular weight excluding hydrogens is 613 g/mol. The molecule has 0 radical (unpaired) electrons. The maximum atomic E-state index is 13.7. The van der Waals surface area contributed by atoms with E-state index in [1.165, 1.54) is 18.2 Å². The second kappa shape index (κ2) is 10.8. The molecule has 1 N–H and O–H groups in total. The van der Waals surface area contributed by atoms with E-state index in [-0.39, 0.29) is 47.5 Å². The van der Waals surface area contributed by atoms with Gasteiger partial charge in [-0.1, -0.05) is 26.0 Å². The SMILES string of the molecule is CC(C)[C@H]1COC(=C2C=CC=C2P(c2cc(C(F)(F)F)cc(C(F)(F)F)c2)c2cc(C(F)(F)F)cc(C(F)(F)F)c2)N1. The number of hydrogen-bond acceptors (Lipinski definition) is 2. The molecule has 1 aliphatic heterocycles. The Bertz CT molecular complexity index is 1300.